The standard InChI is InChI=1S/2C5H5N3O2/c2*6-4-3(2-9)1-7-5(10)8-4/h2*1-2H,(H3,6,7,8,10). The van der Waals surface area contributed by atoms with Crippen molar-refractivity contribution in [2.75, 3.05) is 11.5 Å². The van der Waals surface area contributed by atoms with Crippen LogP contribution in [0.5, 0.6) is 0 Å². The Hall–Kier alpha value is -3.30. The number of nitrogens with two attached hydrogens (primary N) is 2. The van der Waals surface area contributed by atoms with Crippen molar-refractivity contribution in [2.24, 2.45) is 0 Å². The molecule has 0 aliphatic rings. The van der Waals surface area contributed by atoms with Crippen LogP contribution in [0, 0.1) is 0 Å². The van der Waals surface area contributed by atoms with Crippen molar-refractivity contribution in [1.29, 1.82) is 0 Å². The van der Waals surface area contributed by atoms with Crippen molar-refractivity contribution in [2.45, 2.75) is 0 Å². The Morgan fingerprint density at radius 1 is 0.850 bits per heavy atom. The monoisotopic (exact) mass is 278 g/mol. The van der Waals surface area contributed by atoms with Gasteiger partial charge in [0.25, 0.3) is 0 Å². The molecule has 6 N–H and O–H groups in total. The minimum Gasteiger partial charge on any atom is -0.385 e. The minimum absolute atomic E-state index is 0.0509. The largest absolute Gasteiger partial charge is 0.385 e. The molecule has 0 radical (unpaired) electrons. The zero-order valence-corrected chi connectivity index (χ0v) is 9.99. The van der Waals surface area contributed by atoms with Gasteiger partial charge in [0.15, 0.2) is 12.6 Å². The van der Waals surface area contributed by atoms with Crippen molar-refractivity contribution in [3.05, 3.63) is 44.5 Å². The summed E-state index contributed by atoms with van der Waals surface area (Å²) < 4.78 is 0. The zero-order chi connectivity index (χ0) is 15.1. The lowest BCUT2D eigenvalue weighted by atomic mass is 10.3. The number of aldehydes is 2. The van der Waals surface area contributed by atoms with Gasteiger partial charge in [-0.05, 0) is 0 Å². The zero-order valence-electron chi connectivity index (χ0n) is 9.99. The number of hydrogen-bond donors (Lipinski definition) is 4. The predicted molar refractivity (Wildman–Crippen MR) is 69.3 cm³/mol. The van der Waals surface area contributed by atoms with E-state index in [9.17, 15) is 19.2 Å². The van der Waals surface area contributed by atoms with Crippen molar-refractivity contribution < 1.29 is 9.59 Å². The van der Waals surface area contributed by atoms with Gasteiger partial charge >= 0.3 is 11.4 Å². The van der Waals surface area contributed by atoms with Crippen molar-refractivity contribution in [1.82, 2.24) is 19.9 Å². The average molecular weight is 278 g/mol. The normalized spacial score (nSPS) is 9.20. The van der Waals surface area contributed by atoms with E-state index in [0.717, 1.165) is 12.4 Å². The third-order valence-corrected chi connectivity index (χ3v) is 2.00. The maximum Gasteiger partial charge on any atom is 0.346 e. The molecule has 0 aliphatic heterocycles. The molecule has 0 unspecified atom stereocenters. The highest BCUT2D eigenvalue weighted by atomic mass is 16.1. The summed E-state index contributed by atoms with van der Waals surface area (Å²) >= 11 is 0. The first-order valence-corrected chi connectivity index (χ1v) is 5.08. The number of carbonyl (C=O) groups excluding carboxylic acids is 2. The molecule has 0 atom stereocenters. The number of carbonyl (C=O) groups is 2. The molecular weight excluding hydrogens is 268 g/mol. The summed E-state index contributed by atoms with van der Waals surface area (Å²) in [6.07, 6.45) is 3.30. The highest BCUT2D eigenvalue weighted by molar-refractivity contribution is 5.81. The summed E-state index contributed by atoms with van der Waals surface area (Å²) in [5, 5.41) is 0. The van der Waals surface area contributed by atoms with E-state index in [0.29, 0.717) is 12.6 Å². The third kappa shape index (κ3) is 3.87. The maximum atomic E-state index is 10.4. The molecule has 0 bridgehead atoms. The lowest BCUT2D eigenvalue weighted by molar-refractivity contribution is 0.111. The number of nitrogen functional groups attached to an aromatic ring is 2. The minimum atomic E-state index is -0.553. The van der Waals surface area contributed by atoms with Gasteiger partial charge in [0.1, 0.15) is 11.6 Å². The smallest absolute Gasteiger partial charge is 0.346 e. The summed E-state index contributed by atoms with van der Waals surface area (Å²) in [6, 6.07) is 0. The fraction of sp³-hybridized carbons (Fsp3) is 0. The topological polar surface area (TPSA) is 178 Å². The number of H-pyrrole nitrogens is 2. The van der Waals surface area contributed by atoms with Gasteiger partial charge in [0.2, 0.25) is 0 Å². The van der Waals surface area contributed by atoms with Gasteiger partial charge in [-0.3, -0.25) is 19.6 Å². The lowest BCUT2D eigenvalue weighted by Crippen LogP contribution is -2.13. The van der Waals surface area contributed by atoms with Gasteiger partial charge in [-0.25, -0.2) is 19.6 Å². The average Bonchev–Trinajstić information content (AvgIpc) is 2.40. The fourth-order valence-electron chi connectivity index (χ4n) is 1.02. The second-order valence-corrected chi connectivity index (χ2v) is 3.35. The number of nitrogens with zero attached hydrogens (tertiary/aromatic N) is 2. The molecule has 2 rings (SSSR count). The maximum absolute atomic E-state index is 10.4. The molecule has 0 fully saturated rings. The molecule has 0 amide bonds. The van der Waals surface area contributed by atoms with Crippen molar-refractivity contribution in [3.8, 4) is 0 Å². The molecule has 104 valence electrons. The molecule has 2 heterocycles. The van der Waals surface area contributed by atoms with E-state index in [4.69, 9.17) is 11.5 Å². The van der Waals surface area contributed by atoms with E-state index in [1.165, 1.54) is 0 Å². The summed E-state index contributed by atoms with van der Waals surface area (Å²) in [6.45, 7) is 0. The number of rotatable bonds is 2. The summed E-state index contributed by atoms with van der Waals surface area (Å²) in [7, 11) is 0. The van der Waals surface area contributed by atoms with Crippen LogP contribution in [0.4, 0.5) is 11.6 Å². The van der Waals surface area contributed by atoms with E-state index < -0.39 is 11.4 Å². The Morgan fingerprint density at radius 2 is 1.20 bits per heavy atom. The molecule has 20 heavy (non-hydrogen) atoms. The number of hydrogen-bond acceptors (Lipinski definition) is 8. The SMILES string of the molecule is Nc1[nH]c(=O)ncc1C=O.Nc1[nH]c(=O)ncc1C=O. The van der Waals surface area contributed by atoms with Gasteiger partial charge in [-0.1, -0.05) is 0 Å². The molecule has 0 aliphatic carbocycles. The van der Waals surface area contributed by atoms with E-state index in [-0.39, 0.29) is 22.8 Å². The molecular formula is C10H10N6O4. The fourth-order valence-corrected chi connectivity index (χ4v) is 1.02. The van der Waals surface area contributed by atoms with Crippen LogP contribution < -0.4 is 22.8 Å². The predicted octanol–water partition coefficient (Wildman–Crippen LogP) is -1.67. The summed E-state index contributed by atoms with van der Waals surface area (Å²) in [5.41, 5.74) is 9.69. The van der Waals surface area contributed by atoms with E-state index in [1.807, 2.05) is 0 Å². The van der Waals surface area contributed by atoms with E-state index in [1.54, 1.807) is 0 Å². The number of aromatic nitrogens is 4. The van der Waals surface area contributed by atoms with Crippen LogP contribution in [-0.2, 0) is 0 Å². The van der Waals surface area contributed by atoms with E-state index >= 15 is 0 Å². The first kappa shape index (κ1) is 14.8. The molecule has 10 nitrogen and oxygen atoms in total. The number of aromatic amines is 2. The van der Waals surface area contributed by atoms with Gasteiger partial charge in [0, 0.05) is 12.4 Å². The summed E-state index contributed by atoms with van der Waals surface area (Å²) in [5.74, 6) is 0.102. The Labute approximate surface area is 110 Å². The lowest BCUT2D eigenvalue weighted by Gasteiger charge is -1.92. The molecule has 2 aromatic rings. The van der Waals surface area contributed by atoms with Gasteiger partial charge in [0.05, 0.1) is 11.1 Å². The molecule has 10 heteroatoms. The van der Waals surface area contributed by atoms with Gasteiger partial charge in [-0.15, -0.1) is 0 Å². The molecule has 0 saturated carbocycles. The van der Waals surface area contributed by atoms with E-state index in [2.05, 4.69) is 19.9 Å². The first-order valence-electron chi connectivity index (χ1n) is 5.08. The van der Waals surface area contributed by atoms with Crippen LogP contribution in [0.1, 0.15) is 20.7 Å². The highest BCUT2D eigenvalue weighted by Crippen LogP contribution is 1.97. The molecule has 2 aromatic heterocycles. The quantitative estimate of drug-likeness (QED) is 0.471. The Bertz CT molecular complexity index is 672. The number of anilines is 2. The first-order chi connectivity index (χ1) is 9.47. The second-order valence-electron chi connectivity index (χ2n) is 3.35. The Balaban J connectivity index is 0.000000200. The van der Waals surface area contributed by atoms with Crippen LogP contribution in [-0.4, -0.2) is 32.5 Å². The summed E-state index contributed by atoms with van der Waals surface area (Å²) in [4.78, 5) is 51.9. The molecule has 0 spiro atoms. The molecule has 0 aromatic carbocycles. The van der Waals surface area contributed by atoms with Gasteiger partial charge < -0.3 is 11.5 Å². The van der Waals surface area contributed by atoms with Crippen molar-refractivity contribution in [3.63, 3.8) is 0 Å². The number of nitrogens with one attached hydrogen (secondary N) is 2. The van der Waals surface area contributed by atoms with Crippen LogP contribution in [0.15, 0.2) is 22.0 Å². The van der Waals surface area contributed by atoms with Gasteiger partial charge in [-0.2, -0.15) is 0 Å². The molecule has 0 saturated heterocycles. The Morgan fingerprint density at radius 3 is 1.45 bits per heavy atom. The van der Waals surface area contributed by atoms with Crippen molar-refractivity contribution >= 4 is 24.2 Å². The van der Waals surface area contributed by atoms with Crippen LogP contribution in [0.2, 0.25) is 0 Å². The van der Waals surface area contributed by atoms with Crippen LogP contribution in [0.25, 0.3) is 0 Å². The highest BCUT2D eigenvalue weighted by Gasteiger charge is 1.97. The van der Waals surface area contributed by atoms with Crippen LogP contribution in [0.3, 0.4) is 0 Å². The van der Waals surface area contributed by atoms with Crippen LogP contribution >= 0.6 is 0 Å². The Kier molecular flexibility index (Phi) is 4.86. The third-order valence-electron chi connectivity index (χ3n) is 2.00. The second kappa shape index (κ2) is 6.58.